The Kier molecular flexibility index (Phi) is 16.1. The zero-order valence-electron chi connectivity index (χ0n) is 48.2. The first-order valence-electron chi connectivity index (χ1n) is 29.2. The van der Waals surface area contributed by atoms with Gasteiger partial charge in [-0.25, -0.2) is 28.2 Å². The molecule has 9 heterocycles. The summed E-state index contributed by atoms with van der Waals surface area (Å²) in [5, 5.41) is 0. The van der Waals surface area contributed by atoms with E-state index in [4.69, 9.17) is 28.9 Å². The van der Waals surface area contributed by atoms with Crippen LogP contribution >= 0.6 is 0 Å². The number of hydrogen-bond acceptors (Lipinski definition) is 6. The molecule has 86 heavy (non-hydrogen) atoms. The SMILES string of the molecule is C[n+]1ccc(CCOc2ccc(-c3c4nc(c(-c5ccc(OCC[n+]6ccccc6)cc5)c5ccc([nH]5)c(-c5ccc(OCCc6cc[n+](C)cc6)cc5)c5nc(c(-c6ccc(OCC[n+]7ccccc7)cc6)c6ccc3[nH]6)C=C5)C=C4)cc2)cc1. The summed E-state index contributed by atoms with van der Waals surface area (Å²) in [5.41, 5.74) is 17.0. The number of aromatic nitrogens is 8. The van der Waals surface area contributed by atoms with E-state index in [-0.39, 0.29) is 0 Å². The number of nitrogens with zero attached hydrogens (tertiary/aromatic N) is 6. The molecule has 12 nitrogen and oxygen atoms in total. The van der Waals surface area contributed by atoms with Crippen LogP contribution in [-0.4, -0.2) is 46.4 Å². The zero-order chi connectivity index (χ0) is 58.0. The minimum atomic E-state index is 0.530. The third kappa shape index (κ3) is 12.8. The highest BCUT2D eigenvalue weighted by Gasteiger charge is 2.20. The Morgan fingerprint density at radius 2 is 0.593 bits per heavy atom. The lowest BCUT2D eigenvalue weighted by Crippen LogP contribution is -2.35. The summed E-state index contributed by atoms with van der Waals surface area (Å²) < 4.78 is 33.6. The number of nitrogens with one attached hydrogen (secondary N) is 2. The monoisotopic (exact) mass is 1130 g/mol. The standard InChI is InChI=1S/C74H66N8O4/c1-79-43-33-53(34-44-79)37-49-83-59-17-9-55(10-18-59)71-63-25-29-67(75-63)73(57-13-21-61(22-14-57)85-51-47-81-39-5-3-6-40-81)69-31-27-65(77-69)72(56-11-19-60(20-12-56)84-50-38-54-35-45-80(2)46-36-54)66-28-32-70(78-66)74(68-30-26-64(71)76-68)58-15-23-62(24-16-58)86-52-48-82-41-7-4-8-42-82/h3-36,39-46,75,78H,37-38,47-52H2,1-2H3/q+4. The Bertz CT molecular complexity index is 4090. The molecule has 0 spiro atoms. The van der Waals surface area contributed by atoms with Crippen molar-refractivity contribution >= 4 is 46.4 Å². The Balaban J connectivity index is 0.944. The van der Waals surface area contributed by atoms with Crippen LogP contribution in [0.2, 0.25) is 0 Å². The topological polar surface area (TPSA) is 110 Å². The molecule has 2 aliphatic rings. The van der Waals surface area contributed by atoms with Crippen molar-refractivity contribution < 1.29 is 37.2 Å². The Morgan fingerprint density at radius 3 is 0.884 bits per heavy atom. The van der Waals surface area contributed by atoms with Gasteiger partial charge in [-0.2, -0.15) is 0 Å². The molecular formula is C74H66N8O4+4. The van der Waals surface area contributed by atoms with Gasteiger partial charge in [0.2, 0.25) is 0 Å². The van der Waals surface area contributed by atoms with Gasteiger partial charge < -0.3 is 28.9 Å². The van der Waals surface area contributed by atoms with E-state index in [0.717, 1.165) is 138 Å². The Morgan fingerprint density at radius 1 is 0.314 bits per heavy atom. The lowest BCUT2D eigenvalue weighted by molar-refractivity contribution is -0.697. The predicted molar refractivity (Wildman–Crippen MR) is 338 cm³/mol. The van der Waals surface area contributed by atoms with Gasteiger partial charge in [-0.15, -0.1) is 0 Å². The molecule has 11 aromatic rings. The number of fused-ring (bicyclic) bond motifs is 8. The van der Waals surface area contributed by atoms with Crippen molar-refractivity contribution in [3.63, 3.8) is 0 Å². The van der Waals surface area contributed by atoms with Crippen LogP contribution < -0.4 is 37.2 Å². The minimum absolute atomic E-state index is 0.530. The van der Waals surface area contributed by atoms with Crippen LogP contribution in [0.3, 0.4) is 0 Å². The number of benzene rings is 4. The van der Waals surface area contributed by atoms with E-state index in [1.165, 1.54) is 11.1 Å². The molecular weight excluding hydrogens is 1060 g/mol. The largest absolute Gasteiger partial charge is 0.493 e. The number of pyridine rings is 4. The second kappa shape index (κ2) is 25.4. The zero-order valence-corrected chi connectivity index (χ0v) is 48.2. The first-order chi connectivity index (χ1) is 42.4. The number of H-pyrrole nitrogens is 2. The molecule has 0 unspecified atom stereocenters. The fourth-order valence-corrected chi connectivity index (χ4v) is 11.0. The van der Waals surface area contributed by atoms with Crippen LogP contribution in [-0.2, 0) is 40.0 Å². The first kappa shape index (κ1) is 54.5. The van der Waals surface area contributed by atoms with Gasteiger partial charge in [-0.05, 0) is 130 Å². The highest BCUT2D eigenvalue weighted by molar-refractivity contribution is 6.00. The van der Waals surface area contributed by atoms with E-state index in [2.05, 4.69) is 190 Å². The van der Waals surface area contributed by atoms with Crippen molar-refractivity contribution in [2.75, 3.05) is 26.4 Å². The van der Waals surface area contributed by atoms with Gasteiger partial charge in [0, 0.05) is 106 Å². The summed E-state index contributed by atoms with van der Waals surface area (Å²) in [5.74, 6) is 3.17. The van der Waals surface area contributed by atoms with Gasteiger partial charge in [0.1, 0.15) is 50.3 Å². The number of aromatic amines is 2. The molecule has 0 fully saturated rings. The molecule has 2 N–H and O–H groups in total. The number of hydrogen-bond donors (Lipinski definition) is 2. The lowest BCUT2D eigenvalue weighted by atomic mass is 10.0. The van der Waals surface area contributed by atoms with Gasteiger partial charge >= 0.3 is 0 Å². The Hall–Kier alpha value is -10.7. The van der Waals surface area contributed by atoms with Crippen molar-refractivity contribution in [2.45, 2.75) is 25.9 Å². The summed E-state index contributed by atoms with van der Waals surface area (Å²) >= 11 is 0. The normalized spacial score (nSPS) is 11.7. The van der Waals surface area contributed by atoms with E-state index in [9.17, 15) is 0 Å². The number of aryl methyl sites for hydroxylation is 2. The molecule has 0 radical (unpaired) electrons. The van der Waals surface area contributed by atoms with E-state index in [1.54, 1.807) is 0 Å². The van der Waals surface area contributed by atoms with Crippen LogP contribution in [0, 0.1) is 0 Å². The van der Waals surface area contributed by atoms with Crippen LogP contribution in [0.4, 0.5) is 0 Å². The fourth-order valence-electron chi connectivity index (χ4n) is 11.0. The molecule has 13 rings (SSSR count). The first-order valence-corrected chi connectivity index (χ1v) is 29.2. The lowest BCUT2D eigenvalue weighted by Gasteiger charge is -2.10. The molecule has 2 aliphatic heterocycles. The van der Waals surface area contributed by atoms with E-state index in [0.29, 0.717) is 26.4 Å². The molecule has 12 heteroatoms. The maximum atomic E-state index is 6.34. The second-order valence-electron chi connectivity index (χ2n) is 21.5. The molecule has 0 saturated heterocycles. The molecule has 0 amide bonds. The van der Waals surface area contributed by atoms with Crippen molar-refractivity contribution in [2.24, 2.45) is 14.1 Å². The summed E-state index contributed by atoms with van der Waals surface area (Å²) in [7, 11) is 4.05. The quantitative estimate of drug-likeness (QED) is 0.0736. The summed E-state index contributed by atoms with van der Waals surface area (Å²) in [6.07, 6.45) is 26.6. The van der Waals surface area contributed by atoms with Crippen molar-refractivity contribution in [1.82, 2.24) is 19.9 Å². The third-order valence-electron chi connectivity index (χ3n) is 15.5. The Labute approximate surface area is 500 Å². The van der Waals surface area contributed by atoms with E-state index < -0.39 is 0 Å². The molecule has 4 aromatic carbocycles. The molecule has 0 saturated carbocycles. The fraction of sp³-hybridized carbons (Fsp3) is 0.135. The summed E-state index contributed by atoms with van der Waals surface area (Å²) in [6, 6.07) is 62.7. The van der Waals surface area contributed by atoms with Crippen LogP contribution in [0.1, 0.15) is 33.9 Å². The minimum Gasteiger partial charge on any atom is -0.493 e. The summed E-state index contributed by atoms with van der Waals surface area (Å²) in [6.45, 7) is 3.64. The van der Waals surface area contributed by atoms with Gasteiger partial charge in [-0.1, -0.05) is 60.7 Å². The van der Waals surface area contributed by atoms with Crippen molar-refractivity contribution in [3.05, 3.63) is 265 Å². The predicted octanol–water partition coefficient (Wildman–Crippen LogP) is 12.9. The maximum Gasteiger partial charge on any atom is 0.182 e. The highest BCUT2D eigenvalue weighted by Crippen LogP contribution is 2.40. The van der Waals surface area contributed by atoms with Crippen LogP contribution in [0.25, 0.3) is 90.9 Å². The average molecular weight is 1130 g/mol. The van der Waals surface area contributed by atoms with Gasteiger partial charge in [-0.3, -0.25) is 0 Å². The molecule has 8 bridgehead atoms. The highest BCUT2D eigenvalue weighted by atomic mass is 16.5. The van der Waals surface area contributed by atoms with Gasteiger partial charge in [0.25, 0.3) is 0 Å². The van der Waals surface area contributed by atoms with E-state index in [1.807, 2.05) is 109 Å². The molecule has 0 atom stereocenters. The average Bonchev–Trinajstić information content (AvgIpc) is 3.37. The van der Waals surface area contributed by atoms with Gasteiger partial charge in [0.05, 0.1) is 36.0 Å². The van der Waals surface area contributed by atoms with Crippen molar-refractivity contribution in [1.29, 1.82) is 0 Å². The third-order valence-corrected chi connectivity index (χ3v) is 15.5. The van der Waals surface area contributed by atoms with Gasteiger partial charge in [0.15, 0.2) is 62.7 Å². The maximum absolute atomic E-state index is 6.34. The van der Waals surface area contributed by atoms with Crippen molar-refractivity contribution in [3.8, 4) is 67.5 Å². The van der Waals surface area contributed by atoms with Crippen LogP contribution in [0.15, 0.2) is 232 Å². The molecule has 422 valence electrons. The number of rotatable bonds is 20. The van der Waals surface area contributed by atoms with Crippen LogP contribution in [0.5, 0.6) is 23.0 Å². The second-order valence-corrected chi connectivity index (χ2v) is 21.5. The van der Waals surface area contributed by atoms with E-state index >= 15 is 0 Å². The summed E-state index contributed by atoms with van der Waals surface area (Å²) in [4.78, 5) is 19.0. The smallest absolute Gasteiger partial charge is 0.182 e. The number of ether oxygens (including phenoxy) is 4. The molecule has 7 aromatic heterocycles. The molecule has 0 aliphatic carbocycles.